The predicted molar refractivity (Wildman–Crippen MR) is 88.3 cm³/mol. The van der Waals surface area contributed by atoms with E-state index in [1.54, 1.807) is 0 Å². The number of hydrogen-bond donors (Lipinski definition) is 2. The Kier molecular flexibility index (Phi) is 4.06. The van der Waals surface area contributed by atoms with E-state index in [2.05, 4.69) is 39.4 Å². The van der Waals surface area contributed by atoms with Gasteiger partial charge >= 0.3 is 0 Å². The summed E-state index contributed by atoms with van der Waals surface area (Å²) in [7, 11) is 0. The third-order valence-electron chi connectivity index (χ3n) is 3.69. The van der Waals surface area contributed by atoms with Crippen LogP contribution in [0.25, 0.3) is 0 Å². The molecule has 0 saturated heterocycles. The van der Waals surface area contributed by atoms with E-state index in [1.807, 2.05) is 42.1 Å². The van der Waals surface area contributed by atoms with E-state index in [0.29, 0.717) is 0 Å². The third-order valence-corrected chi connectivity index (χ3v) is 5.29. The molecule has 20 heavy (non-hydrogen) atoms. The molecule has 2 N–H and O–H groups in total. The van der Waals surface area contributed by atoms with Gasteiger partial charge in [-0.1, -0.05) is 34.1 Å². The lowest BCUT2D eigenvalue weighted by atomic mass is 9.87. The van der Waals surface area contributed by atoms with Crippen molar-refractivity contribution in [1.82, 2.24) is 0 Å². The largest absolute Gasteiger partial charge is 0.394 e. The minimum Gasteiger partial charge on any atom is -0.394 e. The molecule has 2 aromatic rings. The first kappa shape index (κ1) is 14.0. The summed E-state index contributed by atoms with van der Waals surface area (Å²) in [5, 5.41) is 13.6. The van der Waals surface area contributed by atoms with Gasteiger partial charge in [-0.3, -0.25) is 0 Å². The summed E-state index contributed by atoms with van der Waals surface area (Å²) in [4.78, 5) is 1.26. The van der Waals surface area contributed by atoms with Crippen LogP contribution in [0.5, 0.6) is 0 Å². The van der Waals surface area contributed by atoms with Crippen molar-refractivity contribution in [2.45, 2.75) is 16.9 Å². The van der Waals surface area contributed by atoms with Crippen molar-refractivity contribution in [3.8, 4) is 0 Å². The van der Waals surface area contributed by atoms with Crippen LogP contribution in [0, 0.1) is 0 Å². The summed E-state index contributed by atoms with van der Waals surface area (Å²) >= 11 is 5.31. The van der Waals surface area contributed by atoms with Crippen molar-refractivity contribution >= 4 is 33.4 Å². The minimum absolute atomic E-state index is 0.0979. The molecule has 1 atom stereocenters. The fraction of sp³-hybridized carbons (Fsp3) is 0.250. The molecule has 0 aromatic heterocycles. The van der Waals surface area contributed by atoms with Gasteiger partial charge in [0.05, 0.1) is 12.1 Å². The number of nitrogens with one attached hydrogen (secondary N) is 1. The number of halogens is 1. The van der Waals surface area contributed by atoms with E-state index in [9.17, 15) is 5.11 Å². The second-order valence-corrected chi connectivity index (χ2v) is 7.02. The highest BCUT2D eigenvalue weighted by Crippen LogP contribution is 2.42. The Labute approximate surface area is 131 Å². The molecule has 3 rings (SSSR count). The van der Waals surface area contributed by atoms with Crippen LogP contribution in [0.2, 0.25) is 0 Å². The lowest BCUT2D eigenvalue weighted by molar-refractivity contribution is 0.205. The van der Waals surface area contributed by atoms with E-state index in [1.165, 1.54) is 10.5 Å². The number of anilines is 1. The van der Waals surface area contributed by atoms with Crippen LogP contribution in [-0.2, 0) is 5.54 Å². The van der Waals surface area contributed by atoms with Crippen LogP contribution in [0.1, 0.15) is 12.0 Å². The normalized spacial score (nSPS) is 21.3. The topological polar surface area (TPSA) is 32.3 Å². The number of fused-ring (bicyclic) bond motifs is 1. The summed E-state index contributed by atoms with van der Waals surface area (Å²) in [6.07, 6.45) is 0.918. The Bertz CT molecular complexity index is 602. The van der Waals surface area contributed by atoms with Gasteiger partial charge in [0.25, 0.3) is 0 Å². The van der Waals surface area contributed by atoms with Crippen molar-refractivity contribution in [3.05, 3.63) is 58.6 Å². The van der Waals surface area contributed by atoms with Gasteiger partial charge < -0.3 is 10.4 Å². The highest BCUT2D eigenvalue weighted by molar-refractivity contribution is 9.10. The third kappa shape index (κ3) is 2.60. The van der Waals surface area contributed by atoms with Gasteiger partial charge in [-0.15, -0.1) is 11.8 Å². The van der Waals surface area contributed by atoms with Crippen molar-refractivity contribution in [1.29, 1.82) is 0 Å². The van der Waals surface area contributed by atoms with E-state index in [0.717, 1.165) is 22.3 Å². The van der Waals surface area contributed by atoms with Crippen molar-refractivity contribution in [2.75, 3.05) is 17.7 Å². The average molecular weight is 350 g/mol. The van der Waals surface area contributed by atoms with Gasteiger partial charge in [-0.05, 0) is 42.3 Å². The lowest BCUT2D eigenvalue weighted by Gasteiger charge is -2.39. The molecule has 2 aromatic carbocycles. The molecule has 0 saturated carbocycles. The molecule has 0 fully saturated rings. The smallest absolute Gasteiger partial charge is 0.0875 e. The maximum atomic E-state index is 10.0. The maximum Gasteiger partial charge on any atom is 0.0875 e. The summed E-state index contributed by atoms with van der Waals surface area (Å²) in [6, 6.07) is 16.4. The summed E-state index contributed by atoms with van der Waals surface area (Å²) in [6.45, 7) is 0.0979. The zero-order valence-corrected chi connectivity index (χ0v) is 13.4. The summed E-state index contributed by atoms with van der Waals surface area (Å²) in [5.74, 6) is 1.01. The van der Waals surface area contributed by atoms with Crippen LogP contribution in [0.4, 0.5) is 5.69 Å². The average Bonchev–Trinajstić information content (AvgIpc) is 2.50. The SMILES string of the molecule is OCC1(Nc2ccc(Br)cc2)CCSc2ccccc21. The monoisotopic (exact) mass is 349 g/mol. The Morgan fingerprint density at radius 1 is 1.15 bits per heavy atom. The number of benzene rings is 2. The van der Waals surface area contributed by atoms with Crippen molar-refractivity contribution in [3.63, 3.8) is 0 Å². The molecular formula is C16H16BrNOS. The van der Waals surface area contributed by atoms with E-state index >= 15 is 0 Å². The van der Waals surface area contributed by atoms with E-state index < -0.39 is 0 Å². The Balaban J connectivity index is 1.98. The maximum absolute atomic E-state index is 10.0. The first-order valence-corrected chi connectivity index (χ1v) is 8.38. The molecule has 1 heterocycles. The molecule has 0 radical (unpaired) electrons. The fourth-order valence-corrected chi connectivity index (χ4v) is 4.13. The molecule has 1 aliphatic heterocycles. The van der Waals surface area contributed by atoms with Crippen LogP contribution in [-0.4, -0.2) is 17.5 Å². The summed E-state index contributed by atoms with van der Waals surface area (Å²) in [5.41, 5.74) is 1.85. The second-order valence-electron chi connectivity index (χ2n) is 4.97. The number of aliphatic hydroxyl groups excluding tert-OH is 1. The van der Waals surface area contributed by atoms with Gasteiger partial charge in [0, 0.05) is 20.8 Å². The van der Waals surface area contributed by atoms with E-state index in [4.69, 9.17) is 0 Å². The molecule has 0 amide bonds. The molecule has 2 nitrogen and oxygen atoms in total. The van der Waals surface area contributed by atoms with Crippen LogP contribution in [0.15, 0.2) is 57.9 Å². The molecular weight excluding hydrogens is 334 g/mol. The highest BCUT2D eigenvalue weighted by atomic mass is 79.9. The Hall–Kier alpha value is -0.970. The van der Waals surface area contributed by atoms with Crippen molar-refractivity contribution < 1.29 is 5.11 Å². The number of hydrogen-bond acceptors (Lipinski definition) is 3. The first-order chi connectivity index (χ1) is 9.73. The summed E-state index contributed by atoms with van der Waals surface area (Å²) < 4.78 is 1.06. The van der Waals surface area contributed by atoms with Gasteiger partial charge in [0.15, 0.2) is 0 Å². The Morgan fingerprint density at radius 3 is 2.65 bits per heavy atom. The minimum atomic E-state index is -0.379. The predicted octanol–water partition coefficient (Wildman–Crippen LogP) is 4.24. The van der Waals surface area contributed by atoms with Gasteiger partial charge in [0.1, 0.15) is 0 Å². The first-order valence-electron chi connectivity index (χ1n) is 6.60. The van der Waals surface area contributed by atoms with Gasteiger partial charge in [-0.25, -0.2) is 0 Å². The van der Waals surface area contributed by atoms with Crippen LogP contribution in [0.3, 0.4) is 0 Å². The van der Waals surface area contributed by atoms with Crippen LogP contribution < -0.4 is 5.32 Å². The second kappa shape index (κ2) is 5.80. The molecule has 0 aliphatic carbocycles. The number of aliphatic hydroxyl groups is 1. The number of rotatable bonds is 3. The van der Waals surface area contributed by atoms with Gasteiger partial charge in [-0.2, -0.15) is 0 Å². The number of thioether (sulfide) groups is 1. The zero-order chi connectivity index (χ0) is 14.0. The fourth-order valence-electron chi connectivity index (χ4n) is 2.60. The zero-order valence-electron chi connectivity index (χ0n) is 11.0. The molecule has 0 bridgehead atoms. The molecule has 104 valence electrons. The standard InChI is InChI=1S/C16H16BrNOS/c17-12-5-7-13(8-6-12)18-16(11-19)9-10-20-15-4-2-1-3-14(15)16/h1-8,18-19H,9-11H2. The molecule has 1 unspecified atom stereocenters. The van der Waals surface area contributed by atoms with Crippen molar-refractivity contribution in [2.24, 2.45) is 0 Å². The molecule has 4 heteroatoms. The quantitative estimate of drug-likeness (QED) is 0.868. The molecule has 0 spiro atoms. The van der Waals surface area contributed by atoms with Crippen LogP contribution >= 0.6 is 27.7 Å². The Morgan fingerprint density at radius 2 is 1.90 bits per heavy atom. The van der Waals surface area contributed by atoms with Gasteiger partial charge in [0.2, 0.25) is 0 Å². The van der Waals surface area contributed by atoms with E-state index in [-0.39, 0.29) is 12.1 Å². The molecule has 1 aliphatic rings. The highest BCUT2D eigenvalue weighted by Gasteiger charge is 2.36. The lowest BCUT2D eigenvalue weighted by Crippen LogP contribution is -2.42.